The maximum Gasteiger partial charge on any atom is 0.251 e. The summed E-state index contributed by atoms with van der Waals surface area (Å²) in [5.41, 5.74) is 9.47. The van der Waals surface area contributed by atoms with Crippen molar-refractivity contribution in [1.29, 1.82) is 0 Å². The fourth-order valence-corrected chi connectivity index (χ4v) is 4.06. The summed E-state index contributed by atoms with van der Waals surface area (Å²) in [6.45, 7) is 2.47. The highest BCUT2D eigenvalue weighted by molar-refractivity contribution is 6.01. The highest BCUT2D eigenvalue weighted by Gasteiger charge is 2.48. The van der Waals surface area contributed by atoms with Crippen molar-refractivity contribution in [3.8, 4) is 11.1 Å². The van der Waals surface area contributed by atoms with Crippen LogP contribution in [0.15, 0.2) is 78.9 Å². The van der Waals surface area contributed by atoms with Crippen LogP contribution in [0, 0.1) is 0 Å². The number of carbonyl (C=O) groups is 3. The fourth-order valence-electron chi connectivity index (χ4n) is 4.06. The number of hydrogen-bond donors (Lipinski definition) is 6. The van der Waals surface area contributed by atoms with Gasteiger partial charge in [-0.2, -0.15) is 0 Å². The molecule has 9 heteroatoms. The minimum absolute atomic E-state index is 0.132. The predicted molar refractivity (Wildman–Crippen MR) is 137 cm³/mol. The van der Waals surface area contributed by atoms with E-state index in [9.17, 15) is 19.5 Å². The molecule has 3 unspecified atom stereocenters. The molecule has 9 nitrogen and oxygen atoms in total. The molecule has 3 aromatic rings. The summed E-state index contributed by atoms with van der Waals surface area (Å²) in [7, 11) is 0. The largest absolute Gasteiger partial charge is 0.357 e. The van der Waals surface area contributed by atoms with Gasteiger partial charge in [0, 0.05) is 23.8 Å². The van der Waals surface area contributed by atoms with E-state index in [4.69, 9.17) is 5.73 Å². The molecule has 1 fully saturated rings. The highest BCUT2D eigenvalue weighted by atomic mass is 16.3. The van der Waals surface area contributed by atoms with Crippen LogP contribution in [0.3, 0.4) is 0 Å². The summed E-state index contributed by atoms with van der Waals surface area (Å²) >= 11 is 0. The molecule has 0 bridgehead atoms. The minimum atomic E-state index is -2.15. The van der Waals surface area contributed by atoms with Gasteiger partial charge in [-0.3, -0.25) is 25.4 Å². The number of ketones is 1. The summed E-state index contributed by atoms with van der Waals surface area (Å²) in [6, 6.07) is 22.7. The average Bonchev–Trinajstić information content (AvgIpc) is 3.06. The van der Waals surface area contributed by atoms with Crippen LogP contribution in [-0.4, -0.2) is 47.2 Å². The molecule has 2 amide bonds. The van der Waals surface area contributed by atoms with E-state index in [0.29, 0.717) is 17.8 Å². The van der Waals surface area contributed by atoms with Crippen molar-refractivity contribution < 1.29 is 19.5 Å². The Hall–Kier alpha value is -3.89. The molecule has 0 radical (unpaired) electrons. The third-order valence-corrected chi connectivity index (χ3v) is 6.00. The van der Waals surface area contributed by atoms with Crippen molar-refractivity contribution in [3.63, 3.8) is 0 Å². The minimum Gasteiger partial charge on any atom is -0.357 e. The van der Waals surface area contributed by atoms with Crippen molar-refractivity contribution in [2.45, 2.75) is 31.4 Å². The predicted octanol–water partition coefficient (Wildman–Crippen LogP) is 1.35. The Morgan fingerprint density at radius 2 is 1.58 bits per heavy atom. The van der Waals surface area contributed by atoms with Crippen LogP contribution >= 0.6 is 0 Å². The Morgan fingerprint density at radius 1 is 0.972 bits per heavy atom. The molecule has 36 heavy (non-hydrogen) atoms. The zero-order chi connectivity index (χ0) is 25.7. The van der Waals surface area contributed by atoms with Crippen LogP contribution in [0.4, 0.5) is 5.69 Å². The molecule has 1 aliphatic rings. The first-order valence-corrected chi connectivity index (χ1v) is 11.6. The van der Waals surface area contributed by atoms with E-state index < -0.39 is 29.6 Å². The van der Waals surface area contributed by atoms with E-state index in [0.717, 1.165) is 16.7 Å². The number of nitrogens with two attached hydrogens (primary N) is 1. The Balaban J connectivity index is 1.29. The van der Waals surface area contributed by atoms with Gasteiger partial charge in [-0.1, -0.05) is 54.6 Å². The monoisotopic (exact) mass is 487 g/mol. The molecular weight excluding hydrogens is 458 g/mol. The van der Waals surface area contributed by atoms with Gasteiger partial charge in [0.2, 0.25) is 17.5 Å². The first kappa shape index (κ1) is 25.2. The molecule has 7 N–H and O–H groups in total. The van der Waals surface area contributed by atoms with Gasteiger partial charge >= 0.3 is 0 Å². The number of hydrogen-bond acceptors (Lipinski definition) is 7. The Labute approximate surface area is 209 Å². The van der Waals surface area contributed by atoms with Crippen molar-refractivity contribution in [1.82, 2.24) is 16.0 Å². The molecule has 1 heterocycles. The number of Topliss-reactive ketones (excluding diaryl/α,β-unsaturated/α-hetero) is 1. The number of anilines is 1. The quantitative estimate of drug-likeness (QED) is 0.263. The topological polar surface area (TPSA) is 146 Å². The number of benzene rings is 3. The van der Waals surface area contributed by atoms with Crippen LogP contribution in [0.25, 0.3) is 11.1 Å². The molecule has 0 spiro atoms. The van der Waals surface area contributed by atoms with Crippen molar-refractivity contribution >= 4 is 23.3 Å². The number of carbonyl (C=O) groups excluding carboxylic acids is 3. The van der Waals surface area contributed by atoms with Gasteiger partial charge in [0.05, 0.1) is 6.54 Å². The molecule has 1 aliphatic heterocycles. The lowest BCUT2D eigenvalue weighted by Crippen LogP contribution is -2.55. The number of nitrogens with one attached hydrogen (secondary N) is 4. The Morgan fingerprint density at radius 3 is 2.17 bits per heavy atom. The SMILES string of the molecule is CC1NC(N)(O)C(=O)C1NC(=O)c1ccc(-c2ccc(NC(=O)CNCc3ccccc3)cc2)cc1. The number of amides is 2. The second kappa shape index (κ2) is 10.8. The molecular formula is C27H29N5O4. The summed E-state index contributed by atoms with van der Waals surface area (Å²) < 4.78 is 0. The van der Waals surface area contributed by atoms with Gasteiger partial charge < -0.3 is 21.1 Å². The van der Waals surface area contributed by atoms with Crippen LogP contribution in [0.2, 0.25) is 0 Å². The third kappa shape index (κ3) is 6.02. The second-order valence-corrected chi connectivity index (χ2v) is 8.81. The molecule has 3 aromatic carbocycles. The van der Waals surface area contributed by atoms with E-state index >= 15 is 0 Å². The van der Waals surface area contributed by atoms with Crippen LogP contribution in [-0.2, 0) is 16.1 Å². The molecule has 3 atom stereocenters. The van der Waals surface area contributed by atoms with Gasteiger partial charge in [-0.25, -0.2) is 0 Å². The maximum atomic E-state index is 12.6. The average molecular weight is 488 g/mol. The summed E-state index contributed by atoms with van der Waals surface area (Å²) in [6.07, 6.45) is 0. The van der Waals surface area contributed by atoms with Gasteiger partial charge in [0.25, 0.3) is 5.91 Å². The van der Waals surface area contributed by atoms with Crippen molar-refractivity contribution in [2.24, 2.45) is 5.73 Å². The molecule has 186 valence electrons. The zero-order valence-corrected chi connectivity index (χ0v) is 19.8. The zero-order valence-electron chi connectivity index (χ0n) is 19.8. The molecule has 1 saturated heterocycles. The van der Waals surface area contributed by atoms with E-state index in [1.807, 2.05) is 54.6 Å². The van der Waals surface area contributed by atoms with E-state index in [2.05, 4.69) is 21.3 Å². The van der Waals surface area contributed by atoms with Crippen molar-refractivity contribution in [2.75, 3.05) is 11.9 Å². The molecule has 0 aliphatic carbocycles. The van der Waals surface area contributed by atoms with E-state index in [1.54, 1.807) is 31.2 Å². The highest BCUT2D eigenvalue weighted by Crippen LogP contribution is 2.22. The standard InChI is InChI=1S/C27H29N5O4/c1-17-24(25(34)27(28,36)32-17)31-26(35)21-9-7-19(8-10-21)20-11-13-22(14-12-20)30-23(33)16-29-15-18-5-3-2-4-6-18/h2-14,17,24,29,32,36H,15-16,28H2,1H3,(H,30,33)(H,31,35). The maximum absolute atomic E-state index is 12.6. The number of rotatable bonds is 8. The number of aliphatic hydroxyl groups is 1. The summed E-state index contributed by atoms with van der Waals surface area (Å²) in [4.78, 5) is 37.0. The van der Waals surface area contributed by atoms with Crippen molar-refractivity contribution in [3.05, 3.63) is 90.0 Å². The lowest BCUT2D eigenvalue weighted by molar-refractivity contribution is -0.135. The smallest absolute Gasteiger partial charge is 0.251 e. The van der Waals surface area contributed by atoms with Gasteiger partial charge in [0.1, 0.15) is 6.04 Å². The lowest BCUT2D eigenvalue weighted by atomic mass is 10.0. The van der Waals surface area contributed by atoms with Gasteiger partial charge in [-0.05, 0) is 47.9 Å². The molecule has 4 rings (SSSR count). The third-order valence-electron chi connectivity index (χ3n) is 6.00. The van der Waals surface area contributed by atoms with E-state index in [-0.39, 0.29) is 12.5 Å². The molecule has 0 aromatic heterocycles. The van der Waals surface area contributed by atoms with Gasteiger partial charge in [0.15, 0.2) is 0 Å². The summed E-state index contributed by atoms with van der Waals surface area (Å²) in [5, 5.41) is 21.0. The Bertz CT molecular complexity index is 1230. The fraction of sp³-hybridized carbons (Fsp3) is 0.222. The second-order valence-electron chi connectivity index (χ2n) is 8.81. The summed E-state index contributed by atoms with van der Waals surface area (Å²) in [5.74, 6) is -3.40. The van der Waals surface area contributed by atoms with E-state index in [1.165, 1.54) is 0 Å². The Kier molecular flexibility index (Phi) is 7.56. The molecule has 0 saturated carbocycles. The lowest BCUT2D eigenvalue weighted by Gasteiger charge is -2.15. The normalized spacial score (nSPS) is 21.2. The van der Waals surface area contributed by atoms with Crippen LogP contribution in [0.1, 0.15) is 22.8 Å². The van der Waals surface area contributed by atoms with Crippen LogP contribution < -0.4 is 27.0 Å². The van der Waals surface area contributed by atoms with Crippen LogP contribution in [0.5, 0.6) is 0 Å². The first-order valence-electron chi connectivity index (χ1n) is 11.6. The van der Waals surface area contributed by atoms with Gasteiger partial charge in [-0.15, -0.1) is 0 Å². The first-order chi connectivity index (χ1) is 17.2.